The second kappa shape index (κ2) is 10.5. The molecule has 2 aliphatic rings. The van der Waals surface area contributed by atoms with E-state index in [-0.39, 0.29) is 29.8 Å². The number of sulfonamides is 1. The monoisotopic (exact) mass is 487 g/mol. The average Bonchev–Trinajstić information content (AvgIpc) is 2.88. The van der Waals surface area contributed by atoms with Gasteiger partial charge in [-0.1, -0.05) is 0 Å². The molecule has 2 amide bonds. The van der Waals surface area contributed by atoms with Gasteiger partial charge in [-0.2, -0.15) is 4.31 Å². The fraction of sp³-hybridized carbons (Fsp3) is 0.435. The third-order valence-corrected chi connectivity index (χ3v) is 7.95. The summed E-state index contributed by atoms with van der Waals surface area (Å²) in [5, 5.41) is 2.88. The Labute approximate surface area is 199 Å². The van der Waals surface area contributed by atoms with Gasteiger partial charge >= 0.3 is 0 Å². The predicted octanol–water partition coefficient (Wildman–Crippen LogP) is 0.701. The van der Waals surface area contributed by atoms with Gasteiger partial charge in [-0.05, 0) is 42.0 Å². The van der Waals surface area contributed by atoms with Gasteiger partial charge < -0.3 is 19.9 Å². The van der Waals surface area contributed by atoms with Crippen LogP contribution in [0, 0.1) is 0 Å². The summed E-state index contributed by atoms with van der Waals surface area (Å²) < 4.78 is 32.6. The summed E-state index contributed by atoms with van der Waals surface area (Å²) in [7, 11) is -3.68. The number of anilines is 1. The van der Waals surface area contributed by atoms with Gasteiger partial charge in [0.15, 0.2) is 0 Å². The van der Waals surface area contributed by atoms with Crippen molar-refractivity contribution in [1.82, 2.24) is 19.5 Å². The second-order valence-corrected chi connectivity index (χ2v) is 10.2. The van der Waals surface area contributed by atoms with E-state index in [0.29, 0.717) is 38.4 Å². The van der Waals surface area contributed by atoms with Gasteiger partial charge in [-0.15, -0.1) is 0 Å². The third kappa shape index (κ3) is 5.54. The minimum Gasteiger partial charge on any atom is -0.378 e. The van der Waals surface area contributed by atoms with Crippen LogP contribution in [0.15, 0.2) is 47.5 Å². The fourth-order valence-corrected chi connectivity index (χ4v) is 5.41. The first-order chi connectivity index (χ1) is 16.3. The lowest BCUT2D eigenvalue weighted by Gasteiger charge is -2.33. The Hall–Kier alpha value is -3.02. The number of carbonyl (C=O) groups is 2. The van der Waals surface area contributed by atoms with E-state index in [0.717, 1.165) is 24.5 Å². The highest BCUT2D eigenvalue weighted by Gasteiger charge is 2.29. The van der Waals surface area contributed by atoms with E-state index in [2.05, 4.69) is 15.2 Å². The molecule has 1 aromatic carbocycles. The molecule has 1 aromatic heterocycles. The Morgan fingerprint density at radius 2 is 1.68 bits per heavy atom. The van der Waals surface area contributed by atoms with Gasteiger partial charge in [0.05, 0.1) is 18.1 Å². The molecule has 0 aliphatic carbocycles. The number of nitrogens with zero attached hydrogens (tertiary/aromatic N) is 4. The second-order valence-electron chi connectivity index (χ2n) is 8.24. The van der Waals surface area contributed by atoms with Crippen LogP contribution in [0.5, 0.6) is 0 Å². The maximum absolute atomic E-state index is 12.9. The SMILES string of the molecule is CC(=O)N1CCN(S(=O)(=O)c2ccc(C(=O)NCc3ccnc(N4CCOCC4)c3)cc2)CC1. The minimum atomic E-state index is -3.68. The molecular weight excluding hydrogens is 458 g/mol. The predicted molar refractivity (Wildman–Crippen MR) is 126 cm³/mol. The van der Waals surface area contributed by atoms with Crippen LogP contribution in [0.3, 0.4) is 0 Å². The Bertz CT molecular complexity index is 1120. The van der Waals surface area contributed by atoms with Crippen molar-refractivity contribution in [3.63, 3.8) is 0 Å². The minimum absolute atomic E-state index is 0.0588. The van der Waals surface area contributed by atoms with Crippen LogP contribution in [0.25, 0.3) is 0 Å². The summed E-state index contributed by atoms with van der Waals surface area (Å²) in [6.07, 6.45) is 1.72. The van der Waals surface area contributed by atoms with E-state index in [1.807, 2.05) is 12.1 Å². The van der Waals surface area contributed by atoms with E-state index in [1.54, 1.807) is 11.1 Å². The molecule has 2 aliphatic heterocycles. The Morgan fingerprint density at radius 3 is 2.32 bits per heavy atom. The summed E-state index contributed by atoms with van der Waals surface area (Å²) in [4.78, 5) is 32.4. The van der Waals surface area contributed by atoms with Crippen LogP contribution in [0.1, 0.15) is 22.8 Å². The highest BCUT2D eigenvalue weighted by molar-refractivity contribution is 7.89. The number of amides is 2. The molecular formula is C23H29N5O5S. The van der Waals surface area contributed by atoms with E-state index in [9.17, 15) is 18.0 Å². The summed E-state index contributed by atoms with van der Waals surface area (Å²) in [6, 6.07) is 9.73. The molecule has 2 aromatic rings. The van der Waals surface area contributed by atoms with Crippen molar-refractivity contribution in [1.29, 1.82) is 0 Å². The van der Waals surface area contributed by atoms with Gasteiger partial charge in [0.25, 0.3) is 5.91 Å². The van der Waals surface area contributed by atoms with Crippen LogP contribution in [0.4, 0.5) is 5.82 Å². The number of hydrogen-bond acceptors (Lipinski definition) is 7. The third-order valence-electron chi connectivity index (χ3n) is 6.04. The van der Waals surface area contributed by atoms with Crippen molar-refractivity contribution in [2.24, 2.45) is 0 Å². The quantitative estimate of drug-likeness (QED) is 0.638. The Kier molecular flexibility index (Phi) is 7.44. The standard InChI is InChI=1S/C23H29N5O5S/c1-18(29)26-8-10-28(11-9-26)34(31,32)21-4-2-20(3-5-21)23(30)25-17-19-6-7-24-22(16-19)27-12-14-33-15-13-27/h2-7,16H,8-15,17H2,1H3,(H,25,30). The zero-order valence-corrected chi connectivity index (χ0v) is 20.0. The van der Waals surface area contributed by atoms with Crippen LogP contribution in [0.2, 0.25) is 0 Å². The normalized spacial score (nSPS) is 17.4. The number of pyridine rings is 1. The molecule has 182 valence electrons. The zero-order chi connectivity index (χ0) is 24.1. The number of benzene rings is 1. The highest BCUT2D eigenvalue weighted by Crippen LogP contribution is 2.19. The number of aromatic nitrogens is 1. The van der Waals surface area contributed by atoms with E-state index < -0.39 is 10.0 Å². The summed E-state index contributed by atoms with van der Waals surface area (Å²) in [5.74, 6) is 0.508. The summed E-state index contributed by atoms with van der Waals surface area (Å²) >= 11 is 0. The summed E-state index contributed by atoms with van der Waals surface area (Å²) in [5.41, 5.74) is 1.30. The number of piperazine rings is 1. The molecule has 10 nitrogen and oxygen atoms in total. The molecule has 0 atom stereocenters. The molecule has 0 unspecified atom stereocenters. The molecule has 1 N–H and O–H groups in total. The number of rotatable bonds is 6. The van der Waals surface area contributed by atoms with Gasteiger partial charge in [-0.25, -0.2) is 13.4 Å². The van der Waals surface area contributed by atoms with Crippen LogP contribution < -0.4 is 10.2 Å². The van der Waals surface area contributed by atoms with Gasteiger partial charge in [-0.3, -0.25) is 9.59 Å². The van der Waals surface area contributed by atoms with Gasteiger partial charge in [0.2, 0.25) is 15.9 Å². The summed E-state index contributed by atoms with van der Waals surface area (Å²) in [6.45, 7) is 5.96. The van der Waals surface area contributed by atoms with Crippen LogP contribution in [-0.2, 0) is 26.1 Å². The Balaban J connectivity index is 1.35. The lowest BCUT2D eigenvalue weighted by Crippen LogP contribution is -2.49. The number of nitrogens with one attached hydrogen (secondary N) is 1. The van der Waals surface area contributed by atoms with Crippen LogP contribution >= 0.6 is 0 Å². The first-order valence-electron chi connectivity index (χ1n) is 11.3. The maximum Gasteiger partial charge on any atom is 0.251 e. The molecule has 11 heteroatoms. The first-order valence-corrected chi connectivity index (χ1v) is 12.7. The highest BCUT2D eigenvalue weighted by atomic mass is 32.2. The van der Waals surface area contributed by atoms with Gasteiger partial charge in [0.1, 0.15) is 5.82 Å². The number of carbonyl (C=O) groups excluding carboxylic acids is 2. The molecule has 0 bridgehead atoms. The fourth-order valence-electron chi connectivity index (χ4n) is 3.99. The molecule has 0 saturated carbocycles. The van der Waals surface area contributed by atoms with Crippen LogP contribution in [-0.4, -0.2) is 86.9 Å². The van der Waals surface area contributed by atoms with E-state index >= 15 is 0 Å². The molecule has 2 fully saturated rings. The first kappa shape index (κ1) is 24.1. The van der Waals surface area contributed by atoms with Crippen molar-refractivity contribution in [3.8, 4) is 0 Å². The molecule has 3 heterocycles. The lowest BCUT2D eigenvalue weighted by molar-refractivity contribution is -0.129. The van der Waals surface area contributed by atoms with Crippen molar-refractivity contribution < 1.29 is 22.7 Å². The lowest BCUT2D eigenvalue weighted by atomic mass is 10.2. The van der Waals surface area contributed by atoms with E-state index in [1.165, 1.54) is 35.5 Å². The van der Waals surface area contributed by atoms with Crippen molar-refractivity contribution in [2.75, 3.05) is 57.4 Å². The maximum atomic E-state index is 12.9. The Morgan fingerprint density at radius 1 is 1.00 bits per heavy atom. The van der Waals surface area contributed by atoms with Crippen molar-refractivity contribution >= 4 is 27.7 Å². The molecule has 4 rings (SSSR count). The molecule has 2 saturated heterocycles. The molecule has 0 radical (unpaired) electrons. The molecule has 34 heavy (non-hydrogen) atoms. The molecule has 0 spiro atoms. The van der Waals surface area contributed by atoms with Crippen molar-refractivity contribution in [3.05, 3.63) is 53.7 Å². The van der Waals surface area contributed by atoms with Crippen molar-refractivity contribution in [2.45, 2.75) is 18.4 Å². The number of morpholine rings is 1. The number of hydrogen-bond donors (Lipinski definition) is 1. The smallest absolute Gasteiger partial charge is 0.251 e. The zero-order valence-electron chi connectivity index (χ0n) is 19.1. The average molecular weight is 488 g/mol. The largest absolute Gasteiger partial charge is 0.378 e. The number of ether oxygens (including phenoxy) is 1. The van der Waals surface area contributed by atoms with E-state index in [4.69, 9.17) is 4.74 Å². The topological polar surface area (TPSA) is 112 Å². The van der Waals surface area contributed by atoms with Gasteiger partial charge in [0, 0.05) is 64.5 Å².